The zero-order chi connectivity index (χ0) is 23.5. The van der Waals surface area contributed by atoms with Crippen LogP contribution in [0.2, 0.25) is 0 Å². The number of hydrogen-bond acceptors (Lipinski definition) is 6. The summed E-state index contributed by atoms with van der Waals surface area (Å²) in [5, 5.41) is 11.3. The van der Waals surface area contributed by atoms with Gasteiger partial charge in [-0.3, -0.25) is 14.6 Å². The number of carbonyl (C=O) groups is 2. The van der Waals surface area contributed by atoms with E-state index in [1.165, 1.54) is 12.0 Å². The van der Waals surface area contributed by atoms with Crippen LogP contribution in [0.1, 0.15) is 22.9 Å². The molecule has 0 radical (unpaired) electrons. The number of nitrogens with zero attached hydrogens (tertiary/aromatic N) is 3. The van der Waals surface area contributed by atoms with Crippen molar-refractivity contribution >= 4 is 23.1 Å². The highest BCUT2D eigenvalue weighted by atomic mass is 16.5. The van der Waals surface area contributed by atoms with Crippen LogP contribution in [-0.4, -0.2) is 47.9 Å². The van der Waals surface area contributed by atoms with E-state index in [4.69, 9.17) is 4.74 Å². The van der Waals surface area contributed by atoms with E-state index in [0.717, 1.165) is 5.69 Å². The van der Waals surface area contributed by atoms with Gasteiger partial charge in [0.15, 0.2) is 0 Å². The normalized spacial score (nSPS) is 17.3. The smallest absolute Gasteiger partial charge is 0.296 e. The van der Waals surface area contributed by atoms with E-state index in [2.05, 4.69) is 4.98 Å². The van der Waals surface area contributed by atoms with Gasteiger partial charge < -0.3 is 19.6 Å². The maximum Gasteiger partial charge on any atom is 0.296 e. The molecule has 0 aliphatic carbocycles. The summed E-state index contributed by atoms with van der Waals surface area (Å²) in [4.78, 5) is 34.1. The van der Waals surface area contributed by atoms with Crippen LogP contribution in [0.3, 0.4) is 0 Å². The summed E-state index contributed by atoms with van der Waals surface area (Å²) in [6, 6.07) is 19.1. The molecule has 1 aliphatic heterocycles. The van der Waals surface area contributed by atoms with Crippen LogP contribution in [0.5, 0.6) is 5.75 Å². The van der Waals surface area contributed by atoms with Crippen LogP contribution in [0, 0.1) is 0 Å². The molecule has 1 aromatic heterocycles. The number of anilines is 1. The molecule has 3 aromatic rings. The van der Waals surface area contributed by atoms with Gasteiger partial charge in [-0.2, -0.15) is 0 Å². The molecule has 1 atom stereocenters. The number of ketones is 1. The Bertz CT molecular complexity index is 1200. The number of methoxy groups -OCH3 is 1. The number of ether oxygens (including phenoxy) is 1. The number of benzene rings is 2. The summed E-state index contributed by atoms with van der Waals surface area (Å²) >= 11 is 0. The number of rotatable bonds is 6. The largest absolute Gasteiger partial charge is 0.507 e. The molecule has 2 aromatic carbocycles. The van der Waals surface area contributed by atoms with Crippen LogP contribution in [-0.2, 0) is 16.1 Å². The Labute approximate surface area is 192 Å². The average molecular weight is 444 g/mol. The third-order valence-electron chi connectivity index (χ3n) is 5.69. The van der Waals surface area contributed by atoms with E-state index in [0.29, 0.717) is 22.6 Å². The summed E-state index contributed by atoms with van der Waals surface area (Å²) in [7, 11) is 5.36. The second-order valence-electron chi connectivity index (χ2n) is 7.93. The number of aliphatic hydroxyl groups is 1. The Morgan fingerprint density at radius 2 is 1.73 bits per heavy atom. The van der Waals surface area contributed by atoms with Crippen LogP contribution < -0.4 is 9.64 Å². The van der Waals surface area contributed by atoms with Crippen molar-refractivity contribution in [2.45, 2.75) is 12.6 Å². The molecule has 0 saturated carbocycles. The van der Waals surface area contributed by atoms with E-state index >= 15 is 0 Å². The highest BCUT2D eigenvalue weighted by molar-refractivity contribution is 6.46. The van der Waals surface area contributed by atoms with Gasteiger partial charge >= 0.3 is 0 Å². The Morgan fingerprint density at radius 1 is 1.03 bits per heavy atom. The lowest BCUT2D eigenvalue weighted by molar-refractivity contribution is -0.140. The summed E-state index contributed by atoms with van der Waals surface area (Å²) < 4.78 is 5.37. The molecule has 0 bridgehead atoms. The van der Waals surface area contributed by atoms with E-state index < -0.39 is 17.7 Å². The van der Waals surface area contributed by atoms with Gasteiger partial charge in [-0.05, 0) is 42.0 Å². The van der Waals surface area contributed by atoms with E-state index in [1.54, 1.807) is 42.6 Å². The minimum atomic E-state index is -0.770. The molecule has 1 saturated heterocycles. The zero-order valence-corrected chi connectivity index (χ0v) is 18.7. The number of Topliss-reactive ketones (excluding diaryl/α,β-unsaturated/α-hetero) is 1. The first kappa shape index (κ1) is 22.1. The SMILES string of the molecule is COc1ccccc1/C(O)=C1/C(=O)C(=O)N(Cc2ccccn2)C1c1ccc(N(C)C)cc1. The molecule has 1 amide bonds. The lowest BCUT2D eigenvalue weighted by atomic mass is 9.94. The third-order valence-corrected chi connectivity index (χ3v) is 5.69. The van der Waals surface area contributed by atoms with Gasteiger partial charge in [0, 0.05) is 26.0 Å². The Hall–Kier alpha value is -4.13. The minimum Gasteiger partial charge on any atom is -0.507 e. The monoisotopic (exact) mass is 443 g/mol. The van der Waals surface area contributed by atoms with Crippen LogP contribution >= 0.6 is 0 Å². The maximum atomic E-state index is 13.2. The van der Waals surface area contributed by atoms with Crippen molar-refractivity contribution < 1.29 is 19.4 Å². The second kappa shape index (κ2) is 9.16. The fourth-order valence-electron chi connectivity index (χ4n) is 4.00. The molecule has 1 N–H and O–H groups in total. The van der Waals surface area contributed by atoms with Crippen molar-refractivity contribution in [3.8, 4) is 5.75 Å². The quantitative estimate of drug-likeness (QED) is 0.355. The van der Waals surface area contributed by atoms with Gasteiger partial charge in [0.1, 0.15) is 11.5 Å². The molecular formula is C26H25N3O4. The molecule has 2 heterocycles. The molecular weight excluding hydrogens is 418 g/mol. The Morgan fingerprint density at radius 3 is 2.36 bits per heavy atom. The predicted octanol–water partition coefficient (Wildman–Crippen LogP) is 3.78. The molecule has 0 spiro atoms. The lowest BCUT2D eigenvalue weighted by Crippen LogP contribution is -2.29. The fourth-order valence-corrected chi connectivity index (χ4v) is 4.00. The number of likely N-dealkylation sites (tertiary alicyclic amines) is 1. The molecule has 4 rings (SSSR count). The summed E-state index contributed by atoms with van der Waals surface area (Å²) in [6.07, 6.45) is 1.64. The first-order chi connectivity index (χ1) is 15.9. The highest BCUT2D eigenvalue weighted by Gasteiger charge is 2.46. The number of aliphatic hydroxyl groups excluding tert-OH is 1. The number of pyridine rings is 1. The Balaban J connectivity index is 1.88. The van der Waals surface area contributed by atoms with Crippen molar-refractivity contribution in [2.75, 3.05) is 26.1 Å². The summed E-state index contributed by atoms with van der Waals surface area (Å²) in [5.74, 6) is -1.28. The van der Waals surface area contributed by atoms with Crippen molar-refractivity contribution in [1.82, 2.24) is 9.88 Å². The first-order valence-corrected chi connectivity index (χ1v) is 10.5. The van der Waals surface area contributed by atoms with Crippen molar-refractivity contribution in [3.63, 3.8) is 0 Å². The number of hydrogen-bond donors (Lipinski definition) is 1. The van der Waals surface area contributed by atoms with E-state index in [9.17, 15) is 14.7 Å². The van der Waals surface area contributed by atoms with Crippen molar-refractivity contribution in [2.24, 2.45) is 0 Å². The Kier molecular flexibility index (Phi) is 6.13. The van der Waals surface area contributed by atoms with E-state index in [1.807, 2.05) is 49.3 Å². The molecule has 1 unspecified atom stereocenters. The lowest BCUT2D eigenvalue weighted by Gasteiger charge is -2.25. The molecule has 7 nitrogen and oxygen atoms in total. The first-order valence-electron chi connectivity index (χ1n) is 10.5. The molecule has 7 heteroatoms. The topological polar surface area (TPSA) is 83.0 Å². The van der Waals surface area contributed by atoms with Gasteiger partial charge in [0.2, 0.25) is 0 Å². The molecule has 168 valence electrons. The van der Waals surface area contributed by atoms with E-state index in [-0.39, 0.29) is 17.9 Å². The number of carbonyl (C=O) groups excluding carboxylic acids is 2. The number of amides is 1. The third kappa shape index (κ3) is 4.17. The van der Waals surface area contributed by atoms with Crippen molar-refractivity contribution in [3.05, 3.63) is 95.3 Å². The predicted molar refractivity (Wildman–Crippen MR) is 126 cm³/mol. The van der Waals surface area contributed by atoms with Gasteiger partial charge in [-0.1, -0.05) is 30.3 Å². The summed E-state index contributed by atoms with van der Waals surface area (Å²) in [5.41, 5.74) is 2.72. The maximum absolute atomic E-state index is 13.2. The second-order valence-corrected chi connectivity index (χ2v) is 7.93. The zero-order valence-electron chi connectivity index (χ0n) is 18.7. The van der Waals surface area contributed by atoms with Gasteiger partial charge in [0.25, 0.3) is 11.7 Å². The standard InChI is InChI=1S/C26H25N3O4/c1-28(2)19-13-11-17(12-14-19)23-22(24(30)20-9-4-5-10-21(20)33-3)25(31)26(32)29(23)16-18-8-6-7-15-27-18/h4-15,23,30H,16H2,1-3H3/b24-22-. The molecule has 33 heavy (non-hydrogen) atoms. The van der Waals surface area contributed by atoms with Crippen LogP contribution in [0.15, 0.2) is 78.5 Å². The van der Waals surface area contributed by atoms with Crippen LogP contribution in [0.25, 0.3) is 5.76 Å². The number of aromatic nitrogens is 1. The van der Waals surface area contributed by atoms with Crippen molar-refractivity contribution in [1.29, 1.82) is 0 Å². The molecule has 1 aliphatic rings. The van der Waals surface area contributed by atoms with Gasteiger partial charge in [-0.15, -0.1) is 0 Å². The van der Waals surface area contributed by atoms with Gasteiger partial charge in [-0.25, -0.2) is 0 Å². The van der Waals surface area contributed by atoms with Crippen LogP contribution in [0.4, 0.5) is 5.69 Å². The fraction of sp³-hybridized carbons (Fsp3) is 0.192. The number of para-hydroxylation sites is 1. The minimum absolute atomic E-state index is 0.0260. The highest BCUT2D eigenvalue weighted by Crippen LogP contribution is 2.41. The molecule has 1 fully saturated rings. The average Bonchev–Trinajstić information content (AvgIpc) is 3.09. The summed E-state index contributed by atoms with van der Waals surface area (Å²) in [6.45, 7) is 0.133. The van der Waals surface area contributed by atoms with Gasteiger partial charge in [0.05, 0.1) is 36.5 Å².